The van der Waals surface area contributed by atoms with Crippen LogP contribution in [-0.4, -0.2) is 28.4 Å². The second kappa shape index (κ2) is 9.03. The molecule has 2 aromatic heterocycles. The highest BCUT2D eigenvalue weighted by molar-refractivity contribution is 7.15. The van der Waals surface area contributed by atoms with Gasteiger partial charge in [0.2, 0.25) is 5.78 Å². The van der Waals surface area contributed by atoms with Crippen molar-refractivity contribution < 1.29 is 23.8 Å². The van der Waals surface area contributed by atoms with Crippen LogP contribution in [0.25, 0.3) is 11.0 Å². The predicted molar refractivity (Wildman–Crippen MR) is 134 cm³/mol. The van der Waals surface area contributed by atoms with Gasteiger partial charge in [-0.15, -0.1) is 11.3 Å². The fraction of sp³-hybridized carbons (Fsp3) is 0.222. The maximum Gasteiger partial charge on any atom is 0.296 e. The second-order valence-corrected chi connectivity index (χ2v) is 9.55. The average molecular weight is 489 g/mol. The summed E-state index contributed by atoms with van der Waals surface area (Å²) in [4.78, 5) is 33.9. The van der Waals surface area contributed by atoms with Crippen LogP contribution < -0.4 is 9.64 Å². The van der Waals surface area contributed by atoms with Crippen LogP contribution >= 0.6 is 11.3 Å². The van der Waals surface area contributed by atoms with E-state index in [9.17, 15) is 14.7 Å². The van der Waals surface area contributed by atoms with Gasteiger partial charge in [-0.05, 0) is 50.1 Å². The number of aliphatic hydroxyl groups is 1. The smallest absolute Gasteiger partial charge is 0.296 e. The number of carbonyl (C=O) groups excluding carboxylic acids is 2. The number of fused-ring (bicyclic) bond motifs is 1. The number of rotatable bonds is 7. The van der Waals surface area contributed by atoms with Gasteiger partial charge >= 0.3 is 0 Å². The molecule has 1 amide bonds. The number of aromatic nitrogens is 1. The number of thiazole rings is 1. The first-order valence-electron chi connectivity index (χ1n) is 11.4. The van der Waals surface area contributed by atoms with Crippen molar-refractivity contribution in [3.8, 4) is 5.75 Å². The lowest BCUT2D eigenvalue weighted by atomic mass is 9.95. The van der Waals surface area contributed by atoms with E-state index in [4.69, 9.17) is 9.15 Å². The van der Waals surface area contributed by atoms with Crippen molar-refractivity contribution in [2.75, 3.05) is 11.5 Å². The predicted octanol–water partition coefficient (Wildman–Crippen LogP) is 6.08. The number of amides is 1. The van der Waals surface area contributed by atoms with Crippen LogP contribution in [0.5, 0.6) is 5.75 Å². The molecule has 0 bridgehead atoms. The normalized spacial score (nSPS) is 15.9. The van der Waals surface area contributed by atoms with E-state index in [2.05, 4.69) is 4.98 Å². The van der Waals surface area contributed by atoms with Crippen LogP contribution in [0.15, 0.2) is 70.3 Å². The Morgan fingerprint density at radius 1 is 1.17 bits per heavy atom. The van der Waals surface area contributed by atoms with Crippen molar-refractivity contribution in [3.05, 3.63) is 87.8 Å². The molecule has 0 saturated heterocycles. The van der Waals surface area contributed by atoms with Crippen molar-refractivity contribution in [3.63, 3.8) is 0 Å². The number of ketones is 1. The number of para-hydroxylation sites is 1. The van der Waals surface area contributed by atoms with Crippen LogP contribution in [0.2, 0.25) is 0 Å². The van der Waals surface area contributed by atoms with Gasteiger partial charge in [-0.25, -0.2) is 4.98 Å². The van der Waals surface area contributed by atoms with E-state index in [0.29, 0.717) is 28.6 Å². The van der Waals surface area contributed by atoms with Crippen molar-refractivity contribution >= 4 is 39.1 Å². The molecule has 0 spiro atoms. The number of Topliss-reactive ketones (excluding diaryl/α,β-unsaturated/α-hetero) is 1. The Bertz CT molecular complexity index is 1410. The molecule has 1 aliphatic rings. The number of aryl methyl sites for hydroxylation is 2. The monoisotopic (exact) mass is 488 g/mol. The fourth-order valence-corrected chi connectivity index (χ4v) is 5.04. The minimum atomic E-state index is -0.867. The summed E-state index contributed by atoms with van der Waals surface area (Å²) in [6, 6.07) is 15.2. The molecule has 0 radical (unpaired) electrons. The summed E-state index contributed by atoms with van der Waals surface area (Å²) >= 11 is 1.34. The molecule has 7 nitrogen and oxygen atoms in total. The molecule has 1 unspecified atom stereocenters. The Labute approximate surface area is 206 Å². The maximum atomic E-state index is 13.7. The van der Waals surface area contributed by atoms with Gasteiger partial charge in [-0.3, -0.25) is 14.5 Å². The van der Waals surface area contributed by atoms with Gasteiger partial charge in [-0.1, -0.05) is 37.3 Å². The summed E-state index contributed by atoms with van der Waals surface area (Å²) in [7, 11) is 0. The minimum absolute atomic E-state index is 0.0400. The first-order valence-corrected chi connectivity index (χ1v) is 12.2. The van der Waals surface area contributed by atoms with Crippen LogP contribution in [-0.2, 0) is 4.79 Å². The Morgan fingerprint density at radius 3 is 2.57 bits per heavy atom. The van der Waals surface area contributed by atoms with Gasteiger partial charge in [0.25, 0.3) is 5.91 Å². The Morgan fingerprint density at radius 2 is 1.91 bits per heavy atom. The zero-order valence-corrected chi connectivity index (χ0v) is 20.4. The molecule has 178 valence electrons. The molecule has 0 fully saturated rings. The first-order chi connectivity index (χ1) is 16.9. The first kappa shape index (κ1) is 22.9. The number of nitrogens with zero attached hydrogens (tertiary/aromatic N) is 2. The molecule has 5 rings (SSSR count). The van der Waals surface area contributed by atoms with Crippen molar-refractivity contribution in [2.45, 2.75) is 33.2 Å². The van der Waals surface area contributed by atoms with E-state index in [1.54, 1.807) is 36.4 Å². The SMILES string of the molecule is CCCOc1ccc(C2C(C(=O)c3cc4ccccc4o3)=C(O)C(=O)N2c2nc(C)c(C)s2)cc1. The molecule has 35 heavy (non-hydrogen) atoms. The second-order valence-electron chi connectivity index (χ2n) is 8.37. The lowest BCUT2D eigenvalue weighted by molar-refractivity contribution is -0.117. The molecule has 1 aliphatic heterocycles. The molecule has 0 saturated carbocycles. The Kier molecular flexibility index (Phi) is 5.90. The molecular formula is C27H24N2O5S. The van der Waals surface area contributed by atoms with E-state index < -0.39 is 23.5 Å². The number of hydrogen-bond donors (Lipinski definition) is 1. The number of ether oxygens (including phenoxy) is 1. The molecule has 4 aromatic rings. The van der Waals surface area contributed by atoms with E-state index >= 15 is 0 Å². The molecule has 3 heterocycles. The summed E-state index contributed by atoms with van der Waals surface area (Å²) in [5, 5.41) is 12.1. The highest BCUT2D eigenvalue weighted by Gasteiger charge is 2.46. The number of benzene rings is 2. The number of hydrogen-bond acceptors (Lipinski definition) is 7. The minimum Gasteiger partial charge on any atom is -0.503 e. The van der Waals surface area contributed by atoms with E-state index in [-0.39, 0.29) is 11.3 Å². The van der Waals surface area contributed by atoms with Gasteiger partial charge in [0.05, 0.1) is 23.9 Å². The lowest BCUT2D eigenvalue weighted by Gasteiger charge is -2.24. The molecule has 2 aromatic carbocycles. The highest BCUT2D eigenvalue weighted by Crippen LogP contribution is 2.44. The lowest BCUT2D eigenvalue weighted by Crippen LogP contribution is -2.31. The summed E-state index contributed by atoms with van der Waals surface area (Å²) in [6.07, 6.45) is 0.877. The van der Waals surface area contributed by atoms with Crippen LogP contribution in [0.1, 0.15) is 46.1 Å². The third-order valence-corrected chi connectivity index (χ3v) is 7.07. The van der Waals surface area contributed by atoms with Gasteiger partial charge < -0.3 is 14.3 Å². The highest BCUT2D eigenvalue weighted by atomic mass is 32.1. The molecule has 8 heteroatoms. The van der Waals surface area contributed by atoms with E-state index in [1.165, 1.54) is 16.2 Å². The standard InChI is InChI=1S/C27H24N2O5S/c1-4-13-33-19-11-9-17(10-12-19)23-22(24(30)21-14-18-7-5-6-8-20(18)34-21)25(31)26(32)29(23)27-28-15(2)16(3)35-27/h5-12,14,23,31H,4,13H2,1-3H3. The quantitative estimate of drug-likeness (QED) is 0.317. The number of aliphatic hydroxyl groups excluding tert-OH is 1. The van der Waals surface area contributed by atoms with E-state index in [0.717, 1.165) is 22.4 Å². The van der Waals surface area contributed by atoms with Gasteiger partial charge in [0.15, 0.2) is 16.7 Å². The summed E-state index contributed by atoms with van der Waals surface area (Å²) < 4.78 is 11.5. The number of carbonyl (C=O) groups is 2. The van der Waals surface area contributed by atoms with Gasteiger partial charge in [0, 0.05) is 10.3 Å². The van der Waals surface area contributed by atoms with Gasteiger partial charge in [-0.2, -0.15) is 0 Å². The fourth-order valence-electron chi connectivity index (χ4n) is 4.10. The largest absolute Gasteiger partial charge is 0.503 e. The van der Waals surface area contributed by atoms with Gasteiger partial charge in [0.1, 0.15) is 11.3 Å². The third kappa shape index (κ3) is 4.00. The Hall–Kier alpha value is -3.91. The topological polar surface area (TPSA) is 92.9 Å². The zero-order valence-electron chi connectivity index (χ0n) is 19.6. The van der Waals surface area contributed by atoms with Crippen LogP contribution in [0, 0.1) is 13.8 Å². The molecule has 1 atom stereocenters. The van der Waals surface area contributed by atoms with Crippen LogP contribution in [0.4, 0.5) is 5.13 Å². The summed E-state index contributed by atoms with van der Waals surface area (Å²) in [5.41, 5.74) is 1.95. The molecule has 0 aliphatic carbocycles. The van der Waals surface area contributed by atoms with E-state index in [1.807, 2.05) is 39.0 Å². The molecule has 1 N–H and O–H groups in total. The summed E-state index contributed by atoms with van der Waals surface area (Å²) in [5.74, 6) is -1.07. The van der Waals surface area contributed by atoms with Crippen LogP contribution in [0.3, 0.4) is 0 Å². The number of furan rings is 1. The average Bonchev–Trinajstić information content (AvgIpc) is 3.52. The third-order valence-electron chi connectivity index (χ3n) is 5.99. The number of anilines is 1. The van der Waals surface area contributed by atoms with Crippen molar-refractivity contribution in [2.24, 2.45) is 0 Å². The zero-order chi connectivity index (χ0) is 24.7. The summed E-state index contributed by atoms with van der Waals surface area (Å²) in [6.45, 7) is 6.39. The Balaban J connectivity index is 1.61. The van der Waals surface area contributed by atoms with Crippen molar-refractivity contribution in [1.29, 1.82) is 0 Å². The molecular weight excluding hydrogens is 464 g/mol. The maximum absolute atomic E-state index is 13.7. The van der Waals surface area contributed by atoms with Crippen molar-refractivity contribution in [1.82, 2.24) is 4.98 Å².